The maximum absolute atomic E-state index is 13.5. The number of halogens is 3. The number of hydrogen-bond donors (Lipinski definition) is 1. The van der Waals surface area contributed by atoms with Crippen LogP contribution in [-0.2, 0) is 16.1 Å². The first kappa shape index (κ1) is 16.9. The van der Waals surface area contributed by atoms with Gasteiger partial charge in [-0.3, -0.25) is 9.59 Å². The number of nitrogens with one attached hydrogen (secondary N) is 1. The third kappa shape index (κ3) is 4.50. The quantitative estimate of drug-likeness (QED) is 0.852. The summed E-state index contributed by atoms with van der Waals surface area (Å²) in [5.41, 5.74) is -0.139. The fraction of sp³-hybridized carbons (Fsp3) is 0.125. The highest BCUT2D eigenvalue weighted by molar-refractivity contribution is 6.31. The molecule has 2 rings (SSSR count). The van der Waals surface area contributed by atoms with Crippen LogP contribution in [0.25, 0.3) is 0 Å². The van der Waals surface area contributed by atoms with Gasteiger partial charge in [-0.15, -0.1) is 0 Å². The van der Waals surface area contributed by atoms with Crippen molar-refractivity contribution < 1.29 is 23.1 Å². The molecule has 0 spiro atoms. The molecule has 0 saturated heterocycles. The van der Waals surface area contributed by atoms with Crippen LogP contribution in [0.3, 0.4) is 0 Å². The predicted molar refractivity (Wildman–Crippen MR) is 79.9 cm³/mol. The molecule has 120 valence electrons. The van der Waals surface area contributed by atoms with Crippen LogP contribution in [0.1, 0.15) is 15.9 Å². The fourth-order valence-electron chi connectivity index (χ4n) is 1.77. The van der Waals surface area contributed by atoms with Gasteiger partial charge in [-0.25, -0.2) is 8.78 Å². The van der Waals surface area contributed by atoms with Crippen LogP contribution in [-0.4, -0.2) is 18.4 Å². The number of rotatable bonds is 5. The van der Waals surface area contributed by atoms with Crippen molar-refractivity contribution in [1.82, 2.24) is 5.32 Å². The van der Waals surface area contributed by atoms with Crippen molar-refractivity contribution in [2.75, 3.05) is 6.54 Å². The second kappa shape index (κ2) is 7.69. The Hall–Kier alpha value is -2.47. The Balaban J connectivity index is 1.86. The Bertz CT molecular complexity index is 717. The Morgan fingerprint density at radius 2 is 1.74 bits per heavy atom. The maximum atomic E-state index is 13.5. The van der Waals surface area contributed by atoms with Crippen LogP contribution in [0, 0.1) is 11.6 Å². The first-order chi connectivity index (χ1) is 11.0. The van der Waals surface area contributed by atoms with E-state index >= 15 is 0 Å². The normalized spacial score (nSPS) is 10.2. The second-order valence-corrected chi connectivity index (χ2v) is 4.93. The van der Waals surface area contributed by atoms with E-state index in [1.807, 2.05) is 0 Å². The molecule has 1 amide bonds. The molecule has 0 aliphatic carbocycles. The van der Waals surface area contributed by atoms with Gasteiger partial charge >= 0.3 is 5.97 Å². The number of ether oxygens (including phenoxy) is 1. The summed E-state index contributed by atoms with van der Waals surface area (Å²) in [7, 11) is 0. The number of carbonyl (C=O) groups excluding carboxylic acids is 2. The van der Waals surface area contributed by atoms with Crippen molar-refractivity contribution in [3.05, 3.63) is 70.2 Å². The first-order valence-electron chi connectivity index (χ1n) is 6.60. The van der Waals surface area contributed by atoms with Gasteiger partial charge in [0, 0.05) is 5.56 Å². The third-order valence-corrected chi connectivity index (χ3v) is 3.31. The average molecular weight is 340 g/mol. The summed E-state index contributed by atoms with van der Waals surface area (Å²) in [6.07, 6.45) is 0. The van der Waals surface area contributed by atoms with Crippen molar-refractivity contribution in [2.24, 2.45) is 0 Å². The highest BCUT2D eigenvalue weighted by Gasteiger charge is 2.14. The molecule has 0 saturated carbocycles. The monoisotopic (exact) mass is 339 g/mol. The smallest absolute Gasteiger partial charge is 0.325 e. The molecule has 0 aromatic heterocycles. The Kier molecular flexibility index (Phi) is 5.65. The minimum atomic E-state index is -0.797. The van der Waals surface area contributed by atoms with Gasteiger partial charge in [0.15, 0.2) is 0 Å². The molecule has 0 aliphatic rings. The highest BCUT2D eigenvalue weighted by Crippen LogP contribution is 2.19. The first-order valence-corrected chi connectivity index (χ1v) is 6.98. The topological polar surface area (TPSA) is 55.4 Å². The zero-order valence-electron chi connectivity index (χ0n) is 11.8. The van der Waals surface area contributed by atoms with Crippen molar-refractivity contribution in [3.63, 3.8) is 0 Å². The molecule has 0 aliphatic heterocycles. The molecular weight excluding hydrogens is 328 g/mol. The van der Waals surface area contributed by atoms with E-state index in [4.69, 9.17) is 16.3 Å². The number of benzene rings is 2. The lowest BCUT2D eigenvalue weighted by atomic mass is 10.2. The van der Waals surface area contributed by atoms with Gasteiger partial charge in [0.1, 0.15) is 24.8 Å². The van der Waals surface area contributed by atoms with E-state index in [2.05, 4.69) is 5.32 Å². The molecule has 0 radical (unpaired) electrons. The number of esters is 1. The molecule has 2 aromatic rings. The molecule has 0 unspecified atom stereocenters. The molecule has 1 N–H and O–H groups in total. The molecule has 0 heterocycles. The van der Waals surface area contributed by atoms with E-state index in [-0.39, 0.29) is 22.8 Å². The summed E-state index contributed by atoms with van der Waals surface area (Å²) in [5.74, 6) is -2.84. The Morgan fingerprint density at radius 1 is 1.04 bits per heavy atom. The van der Waals surface area contributed by atoms with Crippen LogP contribution < -0.4 is 5.32 Å². The van der Waals surface area contributed by atoms with E-state index in [0.717, 1.165) is 6.07 Å². The zero-order chi connectivity index (χ0) is 16.8. The van der Waals surface area contributed by atoms with Gasteiger partial charge in [0.05, 0.1) is 10.6 Å². The highest BCUT2D eigenvalue weighted by atomic mass is 35.5. The van der Waals surface area contributed by atoms with Gasteiger partial charge in [0.25, 0.3) is 5.91 Å². The van der Waals surface area contributed by atoms with Gasteiger partial charge in [0.2, 0.25) is 0 Å². The van der Waals surface area contributed by atoms with Crippen molar-refractivity contribution >= 4 is 23.5 Å². The van der Waals surface area contributed by atoms with Gasteiger partial charge < -0.3 is 10.1 Å². The van der Waals surface area contributed by atoms with Crippen molar-refractivity contribution in [2.45, 2.75) is 6.61 Å². The van der Waals surface area contributed by atoms with Crippen molar-refractivity contribution in [3.8, 4) is 0 Å². The summed E-state index contributed by atoms with van der Waals surface area (Å²) in [6, 6.07) is 9.44. The minimum absolute atomic E-state index is 0.0444. The lowest BCUT2D eigenvalue weighted by Crippen LogP contribution is -2.31. The summed E-state index contributed by atoms with van der Waals surface area (Å²) >= 11 is 5.80. The van der Waals surface area contributed by atoms with Crippen molar-refractivity contribution in [1.29, 1.82) is 0 Å². The van der Waals surface area contributed by atoms with E-state index in [1.54, 1.807) is 0 Å². The summed E-state index contributed by atoms with van der Waals surface area (Å²) < 4.78 is 31.7. The lowest BCUT2D eigenvalue weighted by molar-refractivity contribution is -0.143. The molecule has 4 nitrogen and oxygen atoms in total. The van der Waals surface area contributed by atoms with Gasteiger partial charge in [-0.1, -0.05) is 29.8 Å². The maximum Gasteiger partial charge on any atom is 0.325 e. The van der Waals surface area contributed by atoms with Crippen LogP contribution in [0.5, 0.6) is 0 Å². The number of carbonyl (C=O) groups is 2. The Labute approximate surface area is 136 Å². The summed E-state index contributed by atoms with van der Waals surface area (Å²) in [5, 5.41) is 2.36. The molecular formula is C16H12ClF2NO3. The summed E-state index contributed by atoms with van der Waals surface area (Å²) in [4.78, 5) is 23.3. The van der Waals surface area contributed by atoms with E-state index < -0.39 is 30.1 Å². The molecule has 7 heteroatoms. The van der Waals surface area contributed by atoms with E-state index in [0.29, 0.717) is 0 Å². The van der Waals surface area contributed by atoms with E-state index in [1.165, 1.54) is 36.4 Å². The van der Waals surface area contributed by atoms with Crippen LogP contribution in [0.2, 0.25) is 5.02 Å². The van der Waals surface area contributed by atoms with Crippen LogP contribution in [0.15, 0.2) is 42.5 Å². The predicted octanol–water partition coefficient (Wildman–Crippen LogP) is 3.09. The van der Waals surface area contributed by atoms with Crippen LogP contribution >= 0.6 is 11.6 Å². The number of amides is 1. The Morgan fingerprint density at radius 3 is 2.43 bits per heavy atom. The minimum Gasteiger partial charge on any atom is -0.459 e. The van der Waals surface area contributed by atoms with Crippen LogP contribution in [0.4, 0.5) is 8.78 Å². The average Bonchev–Trinajstić information content (AvgIpc) is 2.52. The standard InChI is InChI=1S/C16H12ClF2NO3/c17-12-5-3-7-14(19)11(12)9-23-15(21)8-20-16(22)10-4-1-2-6-13(10)18/h1-7H,8-9H2,(H,20,22). The zero-order valence-corrected chi connectivity index (χ0v) is 12.6. The summed E-state index contributed by atoms with van der Waals surface area (Å²) in [6.45, 7) is -0.834. The fourth-order valence-corrected chi connectivity index (χ4v) is 1.98. The van der Waals surface area contributed by atoms with Gasteiger partial charge in [-0.2, -0.15) is 0 Å². The molecule has 0 bridgehead atoms. The molecule has 23 heavy (non-hydrogen) atoms. The largest absolute Gasteiger partial charge is 0.459 e. The molecule has 0 atom stereocenters. The molecule has 2 aromatic carbocycles. The second-order valence-electron chi connectivity index (χ2n) is 4.52. The SMILES string of the molecule is O=C(CNC(=O)c1ccccc1F)OCc1c(F)cccc1Cl. The third-order valence-electron chi connectivity index (χ3n) is 2.95. The lowest BCUT2D eigenvalue weighted by Gasteiger charge is -2.09. The van der Waals surface area contributed by atoms with Gasteiger partial charge in [-0.05, 0) is 24.3 Å². The number of hydrogen-bond acceptors (Lipinski definition) is 3. The van der Waals surface area contributed by atoms with E-state index in [9.17, 15) is 18.4 Å². The molecule has 0 fully saturated rings.